The van der Waals surface area contributed by atoms with Crippen LogP contribution in [0, 0.1) is 5.92 Å². The molecule has 1 saturated carbocycles. The third kappa shape index (κ3) is 6.63. The maximum atomic E-state index is 13.3. The number of hydrogen-bond acceptors (Lipinski definition) is 4. The fraction of sp³-hybridized carbons (Fsp3) is 0.636. The summed E-state index contributed by atoms with van der Waals surface area (Å²) in [6, 6.07) is 4.62. The molecule has 0 radical (unpaired) electrons. The number of hydrogen-bond donors (Lipinski definition) is 1. The summed E-state index contributed by atoms with van der Waals surface area (Å²) >= 11 is 0. The first-order chi connectivity index (χ1) is 14.6. The molecular weight excluding hydrogens is 423 g/mol. The normalized spacial score (nSPS) is 20.2. The summed E-state index contributed by atoms with van der Waals surface area (Å²) in [6.07, 6.45) is 1.97. The maximum Gasteiger partial charge on any atom is 0.434 e. The Hall–Kier alpha value is -1.71. The van der Waals surface area contributed by atoms with Gasteiger partial charge >= 0.3 is 6.18 Å². The molecule has 0 saturated heterocycles. The first-order valence-electron chi connectivity index (χ1n) is 10.9. The molecule has 2 heterocycles. The van der Waals surface area contributed by atoms with Crippen molar-refractivity contribution in [3.05, 3.63) is 35.9 Å². The van der Waals surface area contributed by atoms with Crippen LogP contribution in [0.4, 0.5) is 13.2 Å². The molecule has 3 rings (SSSR count). The van der Waals surface area contributed by atoms with E-state index in [0.717, 1.165) is 43.6 Å². The number of aromatic nitrogens is 3. The summed E-state index contributed by atoms with van der Waals surface area (Å²) in [4.78, 5) is 8.38. The van der Waals surface area contributed by atoms with Crippen LogP contribution in [0.5, 0.6) is 0 Å². The maximum absolute atomic E-state index is 13.3. The van der Waals surface area contributed by atoms with Crippen LogP contribution in [0.2, 0.25) is 25.7 Å². The topological polar surface area (TPSA) is 60.2 Å². The monoisotopic (exact) mass is 455 g/mol. The molecule has 1 N–H and O–H groups in total. The Morgan fingerprint density at radius 2 is 1.87 bits per heavy atom. The zero-order chi connectivity index (χ0) is 22.6. The van der Waals surface area contributed by atoms with Gasteiger partial charge in [0.25, 0.3) is 0 Å². The average molecular weight is 456 g/mol. The minimum Gasteiger partial charge on any atom is -0.396 e. The average Bonchev–Trinajstić information content (AvgIpc) is 3.15. The highest BCUT2D eigenvalue weighted by Gasteiger charge is 2.35. The lowest BCUT2D eigenvalue weighted by molar-refractivity contribution is -0.141. The third-order valence-electron chi connectivity index (χ3n) is 5.86. The van der Waals surface area contributed by atoms with Gasteiger partial charge in [0.1, 0.15) is 12.6 Å². The number of alkyl halides is 3. The van der Waals surface area contributed by atoms with Crippen molar-refractivity contribution < 1.29 is 23.0 Å². The number of rotatable bonds is 8. The predicted octanol–water partition coefficient (Wildman–Crippen LogP) is 5.54. The summed E-state index contributed by atoms with van der Waals surface area (Å²) in [5.41, 5.74) is 0.556. The minimum absolute atomic E-state index is 0.0236. The highest BCUT2D eigenvalue weighted by Crippen LogP contribution is 2.35. The van der Waals surface area contributed by atoms with Crippen molar-refractivity contribution in [2.45, 2.75) is 70.2 Å². The molecule has 5 nitrogen and oxygen atoms in total. The second kappa shape index (κ2) is 9.83. The van der Waals surface area contributed by atoms with Crippen LogP contribution >= 0.6 is 0 Å². The summed E-state index contributed by atoms with van der Waals surface area (Å²) in [5.74, 6) is 0.903. The standard InChI is InChI=1S/C22H32F3N3O2Si/c1-31(2,3)11-10-30-15-28-13-20(22(23,24)25)27-21(28)18-8-9-19(26-12-18)17-6-4-16(14-29)5-7-17/h8-9,12-13,16-17,29H,4-7,10-11,14-15H2,1-3H3/t16-,17-. The molecule has 9 heteroatoms. The number of aliphatic hydroxyl groups is 1. The van der Waals surface area contributed by atoms with Gasteiger partial charge in [-0.2, -0.15) is 13.2 Å². The highest BCUT2D eigenvalue weighted by molar-refractivity contribution is 6.76. The number of aliphatic hydroxyl groups excluding tert-OH is 1. The van der Waals surface area contributed by atoms with Crippen molar-refractivity contribution in [1.29, 1.82) is 0 Å². The summed E-state index contributed by atoms with van der Waals surface area (Å²) in [6.45, 7) is 7.44. The molecule has 0 bridgehead atoms. The molecule has 0 atom stereocenters. The first kappa shape index (κ1) is 23.9. The lowest BCUT2D eigenvalue weighted by atomic mass is 9.80. The van der Waals surface area contributed by atoms with Gasteiger partial charge in [-0.1, -0.05) is 19.6 Å². The van der Waals surface area contributed by atoms with Crippen LogP contribution in [-0.4, -0.2) is 40.9 Å². The van der Waals surface area contributed by atoms with Crippen LogP contribution in [0.3, 0.4) is 0 Å². The summed E-state index contributed by atoms with van der Waals surface area (Å²) in [7, 11) is -1.28. The van der Waals surface area contributed by atoms with Gasteiger partial charge in [0, 0.05) is 50.9 Å². The van der Waals surface area contributed by atoms with Gasteiger partial charge in [-0.05, 0) is 49.8 Å². The van der Waals surface area contributed by atoms with Gasteiger partial charge < -0.3 is 14.4 Å². The van der Waals surface area contributed by atoms with Crippen molar-refractivity contribution >= 4 is 8.07 Å². The zero-order valence-electron chi connectivity index (χ0n) is 18.5. The largest absolute Gasteiger partial charge is 0.434 e. The molecule has 0 spiro atoms. The SMILES string of the molecule is C[Si](C)(C)CCOCn1cc(C(F)(F)F)nc1-c1ccc([C@H]2CC[C@H](CO)CC2)nc1. The quantitative estimate of drug-likeness (QED) is 0.419. The smallest absolute Gasteiger partial charge is 0.396 e. The molecule has 0 aromatic carbocycles. The molecule has 0 amide bonds. The molecule has 1 aliphatic rings. The van der Waals surface area contributed by atoms with E-state index in [1.165, 1.54) is 4.57 Å². The van der Waals surface area contributed by atoms with Crippen LogP contribution in [0.15, 0.2) is 24.5 Å². The van der Waals surface area contributed by atoms with Crippen molar-refractivity contribution in [3.63, 3.8) is 0 Å². The predicted molar refractivity (Wildman–Crippen MR) is 116 cm³/mol. The minimum atomic E-state index is -4.52. The molecule has 0 aliphatic heterocycles. The van der Waals surface area contributed by atoms with Crippen molar-refractivity contribution in [2.75, 3.05) is 13.2 Å². The van der Waals surface area contributed by atoms with Crippen LogP contribution < -0.4 is 0 Å². The van der Waals surface area contributed by atoms with Crippen molar-refractivity contribution in [2.24, 2.45) is 5.92 Å². The zero-order valence-corrected chi connectivity index (χ0v) is 19.5. The Bertz CT molecular complexity index is 839. The van der Waals surface area contributed by atoms with E-state index in [2.05, 4.69) is 29.6 Å². The Balaban J connectivity index is 1.74. The Morgan fingerprint density at radius 3 is 2.42 bits per heavy atom. The molecular formula is C22H32F3N3O2Si. The molecule has 2 aromatic rings. The van der Waals surface area contributed by atoms with Crippen LogP contribution in [0.1, 0.15) is 43.0 Å². The molecule has 0 unspecified atom stereocenters. The molecule has 172 valence electrons. The summed E-state index contributed by atoms with van der Waals surface area (Å²) in [5, 5.41) is 9.30. The molecule has 31 heavy (non-hydrogen) atoms. The van der Waals surface area contributed by atoms with E-state index in [9.17, 15) is 18.3 Å². The lowest BCUT2D eigenvalue weighted by Crippen LogP contribution is -2.22. The van der Waals surface area contributed by atoms with Gasteiger partial charge in [0.05, 0.1) is 0 Å². The Kier molecular flexibility index (Phi) is 7.59. The number of nitrogens with zero attached hydrogens (tertiary/aromatic N) is 3. The summed E-state index contributed by atoms with van der Waals surface area (Å²) < 4.78 is 46.9. The van der Waals surface area contributed by atoms with Gasteiger partial charge in [-0.15, -0.1) is 0 Å². The van der Waals surface area contributed by atoms with E-state index in [1.54, 1.807) is 12.3 Å². The number of ether oxygens (including phenoxy) is 1. The second-order valence-corrected chi connectivity index (χ2v) is 15.3. The Morgan fingerprint density at radius 1 is 1.16 bits per heavy atom. The van der Waals surface area contributed by atoms with Crippen molar-refractivity contribution in [1.82, 2.24) is 14.5 Å². The highest BCUT2D eigenvalue weighted by atomic mass is 28.3. The molecule has 1 aliphatic carbocycles. The van der Waals surface area contributed by atoms with Crippen LogP contribution in [-0.2, 0) is 17.6 Å². The molecule has 1 fully saturated rings. The third-order valence-corrected chi connectivity index (χ3v) is 7.57. The second-order valence-electron chi connectivity index (χ2n) is 9.64. The van der Waals surface area contributed by atoms with E-state index in [4.69, 9.17) is 4.74 Å². The van der Waals surface area contributed by atoms with Crippen LogP contribution in [0.25, 0.3) is 11.4 Å². The molecule has 2 aromatic heterocycles. The van der Waals surface area contributed by atoms with Gasteiger partial charge in [0.2, 0.25) is 0 Å². The number of imidazole rings is 1. The van der Waals surface area contributed by atoms with Gasteiger partial charge in [0.15, 0.2) is 5.69 Å². The van der Waals surface area contributed by atoms with Crippen molar-refractivity contribution in [3.8, 4) is 11.4 Å². The Labute approximate surface area is 182 Å². The van der Waals surface area contributed by atoms with E-state index in [1.807, 2.05) is 6.07 Å². The number of halogens is 3. The van der Waals surface area contributed by atoms with E-state index in [0.29, 0.717) is 24.0 Å². The van der Waals surface area contributed by atoms with E-state index in [-0.39, 0.29) is 19.2 Å². The fourth-order valence-corrected chi connectivity index (χ4v) is 4.60. The van der Waals surface area contributed by atoms with Gasteiger partial charge in [-0.25, -0.2) is 4.98 Å². The van der Waals surface area contributed by atoms with E-state index < -0.39 is 19.9 Å². The lowest BCUT2D eigenvalue weighted by Gasteiger charge is -2.26. The first-order valence-corrected chi connectivity index (χ1v) is 14.6. The van der Waals surface area contributed by atoms with Gasteiger partial charge in [-0.3, -0.25) is 4.98 Å². The van der Waals surface area contributed by atoms with E-state index >= 15 is 0 Å². The fourth-order valence-electron chi connectivity index (χ4n) is 3.84. The number of pyridine rings is 1.